The number of hydrogen-bond donors (Lipinski definition) is 1. The fourth-order valence-electron chi connectivity index (χ4n) is 5.01. The third kappa shape index (κ3) is 6.74. The first-order chi connectivity index (χ1) is 18.3. The smallest absolute Gasteiger partial charge is 0.309 e. The molecule has 1 saturated heterocycles. The van der Waals surface area contributed by atoms with Crippen molar-refractivity contribution in [3.63, 3.8) is 0 Å². The number of oxazole rings is 1. The van der Waals surface area contributed by atoms with Gasteiger partial charge in [-0.1, -0.05) is 18.2 Å². The predicted octanol–water partition coefficient (Wildman–Crippen LogP) is 4.95. The van der Waals surface area contributed by atoms with Crippen LogP contribution in [0.1, 0.15) is 49.3 Å². The molecule has 0 atom stereocenters. The number of aryl methyl sites for hydroxylation is 1. The quantitative estimate of drug-likeness (QED) is 0.381. The molecule has 2 aromatic heterocycles. The third-order valence-electron chi connectivity index (χ3n) is 7.29. The standard InChI is InChI=1S/C30H35N3O5.Na/c1-20-25(32-28(38-20)22-10-11-27(31-19-22)33-13-16-36-17-14-33)12-15-37-26-9-5-7-23-21(6-4-8-24(23)26)18-30(2,3)29(34)35;/h5-7,9-11,19H,4,8,12-18H2,1-3H3,(H,34,35);. The van der Waals surface area contributed by atoms with Gasteiger partial charge >= 0.3 is 5.97 Å². The SMILES string of the molecule is Cc1oc(-c2ccc(N3CCOCC3)nc2)nc1CCOc1cccc2c1CCC=C2CC(C)(C)C(=O)O.[Na]. The first kappa shape index (κ1) is 29.3. The zero-order chi connectivity index (χ0) is 26.7. The molecule has 0 spiro atoms. The van der Waals surface area contributed by atoms with Gasteiger partial charge in [0.15, 0.2) is 0 Å². The fourth-order valence-corrected chi connectivity index (χ4v) is 5.01. The Labute approximate surface area is 251 Å². The summed E-state index contributed by atoms with van der Waals surface area (Å²) in [4.78, 5) is 23.2. The number of fused-ring (bicyclic) bond motifs is 1. The second-order valence-corrected chi connectivity index (χ2v) is 10.5. The van der Waals surface area contributed by atoms with Gasteiger partial charge in [-0.25, -0.2) is 9.97 Å². The average Bonchev–Trinajstić information content (AvgIpc) is 3.29. The fraction of sp³-hybridized carbons (Fsp3) is 0.433. The predicted molar refractivity (Wildman–Crippen MR) is 151 cm³/mol. The number of aliphatic carboxylic acids is 1. The van der Waals surface area contributed by atoms with E-state index in [-0.39, 0.29) is 29.6 Å². The maximum atomic E-state index is 11.7. The number of carboxylic acid groups (broad SMARTS) is 1. The molecule has 8 nitrogen and oxygen atoms in total. The van der Waals surface area contributed by atoms with Crippen LogP contribution in [0.15, 0.2) is 47.0 Å². The van der Waals surface area contributed by atoms with E-state index in [0.717, 1.165) is 84.4 Å². The number of nitrogens with zero attached hydrogens (tertiary/aromatic N) is 3. The van der Waals surface area contributed by atoms with Gasteiger partial charge in [-0.15, -0.1) is 0 Å². The average molecular weight is 541 g/mol. The first-order valence-electron chi connectivity index (χ1n) is 13.2. The van der Waals surface area contributed by atoms with E-state index in [0.29, 0.717) is 25.3 Å². The summed E-state index contributed by atoms with van der Waals surface area (Å²) >= 11 is 0. The molecule has 1 aliphatic carbocycles. The largest absolute Gasteiger partial charge is 0.493 e. The van der Waals surface area contributed by atoms with Crippen LogP contribution in [-0.4, -0.2) is 83.5 Å². The Morgan fingerprint density at radius 3 is 2.69 bits per heavy atom. The molecule has 1 aromatic carbocycles. The topological polar surface area (TPSA) is 97.9 Å². The molecule has 1 fully saturated rings. The zero-order valence-electron chi connectivity index (χ0n) is 23.3. The molecule has 1 radical (unpaired) electrons. The van der Waals surface area contributed by atoms with E-state index in [1.165, 1.54) is 0 Å². The van der Waals surface area contributed by atoms with Crippen molar-refractivity contribution in [3.8, 4) is 17.2 Å². The van der Waals surface area contributed by atoms with Crippen LogP contribution in [0.4, 0.5) is 5.82 Å². The summed E-state index contributed by atoms with van der Waals surface area (Å²) in [5, 5.41) is 9.59. The van der Waals surface area contributed by atoms with Crippen LogP contribution in [0.5, 0.6) is 5.75 Å². The van der Waals surface area contributed by atoms with Crippen LogP contribution in [0, 0.1) is 12.3 Å². The van der Waals surface area contributed by atoms with Gasteiger partial charge in [0.25, 0.3) is 0 Å². The maximum absolute atomic E-state index is 11.7. The molecule has 1 N–H and O–H groups in total. The maximum Gasteiger partial charge on any atom is 0.309 e. The van der Waals surface area contributed by atoms with Gasteiger partial charge in [0, 0.05) is 60.8 Å². The number of anilines is 1. The Bertz CT molecular complexity index is 1330. The van der Waals surface area contributed by atoms with E-state index >= 15 is 0 Å². The second-order valence-electron chi connectivity index (χ2n) is 10.5. The van der Waals surface area contributed by atoms with Crippen LogP contribution in [-0.2, 0) is 22.4 Å². The van der Waals surface area contributed by atoms with Crippen LogP contribution in [0.3, 0.4) is 0 Å². The van der Waals surface area contributed by atoms with Crippen molar-refractivity contribution in [2.75, 3.05) is 37.8 Å². The Morgan fingerprint density at radius 2 is 1.97 bits per heavy atom. The van der Waals surface area contributed by atoms with Gasteiger partial charge in [-0.3, -0.25) is 4.79 Å². The summed E-state index contributed by atoms with van der Waals surface area (Å²) < 4.78 is 17.6. The van der Waals surface area contributed by atoms with Crippen LogP contribution < -0.4 is 9.64 Å². The summed E-state index contributed by atoms with van der Waals surface area (Å²) in [7, 11) is 0. The normalized spacial score (nSPS) is 15.3. The minimum atomic E-state index is -0.822. The molecule has 201 valence electrons. The Balaban J connectivity index is 0.00000353. The van der Waals surface area contributed by atoms with E-state index in [9.17, 15) is 9.90 Å². The monoisotopic (exact) mass is 540 g/mol. The van der Waals surface area contributed by atoms with Gasteiger partial charge in [0.1, 0.15) is 17.3 Å². The van der Waals surface area contributed by atoms with Crippen molar-refractivity contribution in [1.29, 1.82) is 0 Å². The van der Waals surface area contributed by atoms with E-state index in [1.807, 2.05) is 37.4 Å². The van der Waals surface area contributed by atoms with Crippen LogP contribution >= 0.6 is 0 Å². The molecule has 5 rings (SSSR count). The third-order valence-corrected chi connectivity index (χ3v) is 7.29. The number of rotatable bonds is 9. The molecule has 1 aliphatic heterocycles. The summed E-state index contributed by atoms with van der Waals surface area (Å²) in [5.41, 5.74) is 4.21. The van der Waals surface area contributed by atoms with Crippen molar-refractivity contribution < 1.29 is 23.8 Å². The minimum absolute atomic E-state index is 0. The number of carbonyl (C=O) groups is 1. The van der Waals surface area contributed by atoms with E-state index < -0.39 is 11.4 Å². The molecule has 0 unspecified atom stereocenters. The molecule has 39 heavy (non-hydrogen) atoms. The van der Waals surface area contributed by atoms with Crippen LogP contribution in [0.25, 0.3) is 17.0 Å². The van der Waals surface area contributed by atoms with Gasteiger partial charge in [-0.2, -0.15) is 0 Å². The van der Waals surface area contributed by atoms with E-state index in [4.69, 9.17) is 18.9 Å². The van der Waals surface area contributed by atoms with Crippen molar-refractivity contribution in [2.45, 2.75) is 46.5 Å². The van der Waals surface area contributed by atoms with Gasteiger partial charge in [0.05, 0.1) is 36.5 Å². The van der Waals surface area contributed by atoms with Crippen molar-refractivity contribution in [1.82, 2.24) is 9.97 Å². The molecule has 2 aliphatic rings. The number of allylic oxidation sites excluding steroid dienone is 2. The number of hydrogen-bond acceptors (Lipinski definition) is 7. The number of pyridine rings is 1. The van der Waals surface area contributed by atoms with Crippen LogP contribution in [0.2, 0.25) is 0 Å². The summed E-state index contributed by atoms with van der Waals surface area (Å²) in [5.74, 6) is 2.34. The molecule has 0 saturated carbocycles. The second kappa shape index (κ2) is 12.7. The van der Waals surface area contributed by atoms with Crippen molar-refractivity contribution >= 4 is 46.9 Å². The van der Waals surface area contributed by atoms with E-state index in [2.05, 4.69) is 22.0 Å². The first-order valence-corrected chi connectivity index (χ1v) is 13.2. The summed E-state index contributed by atoms with van der Waals surface area (Å²) in [6.45, 7) is 9.07. The zero-order valence-corrected chi connectivity index (χ0v) is 25.3. The van der Waals surface area contributed by atoms with Gasteiger partial charge in [-0.05, 0) is 69.4 Å². The van der Waals surface area contributed by atoms with Gasteiger partial charge in [0.2, 0.25) is 5.89 Å². The summed E-state index contributed by atoms with van der Waals surface area (Å²) in [6, 6.07) is 10.0. The molecule has 0 amide bonds. The van der Waals surface area contributed by atoms with Crippen molar-refractivity contribution in [2.24, 2.45) is 5.41 Å². The Hall–Kier alpha value is -2.65. The number of ether oxygens (including phenoxy) is 2. The minimum Gasteiger partial charge on any atom is -0.493 e. The number of benzene rings is 1. The number of aromatic nitrogens is 2. The summed E-state index contributed by atoms with van der Waals surface area (Å²) in [6.07, 6.45) is 6.84. The molecule has 3 heterocycles. The number of morpholine rings is 1. The molecule has 3 aromatic rings. The Morgan fingerprint density at radius 1 is 1.18 bits per heavy atom. The van der Waals surface area contributed by atoms with E-state index in [1.54, 1.807) is 13.8 Å². The Kier molecular flexibility index (Phi) is 9.54. The van der Waals surface area contributed by atoms with Crippen molar-refractivity contribution in [3.05, 3.63) is 65.2 Å². The molecule has 0 bridgehead atoms. The molecule has 9 heteroatoms. The molecular weight excluding hydrogens is 505 g/mol. The van der Waals surface area contributed by atoms with Gasteiger partial charge < -0.3 is 23.9 Å². The molecular formula is C30H35N3NaO5. The number of carboxylic acids is 1.